The Morgan fingerprint density at radius 3 is 2.40 bits per heavy atom. The van der Waals surface area contributed by atoms with E-state index in [1.54, 1.807) is 26.0 Å². The molecule has 5 nitrogen and oxygen atoms in total. The van der Waals surface area contributed by atoms with E-state index in [9.17, 15) is 4.79 Å². The van der Waals surface area contributed by atoms with Crippen LogP contribution in [-0.2, 0) is 10.5 Å². The van der Waals surface area contributed by atoms with E-state index >= 15 is 0 Å². The lowest BCUT2D eigenvalue weighted by Crippen LogP contribution is -2.50. The van der Waals surface area contributed by atoms with Gasteiger partial charge >= 0.3 is 0 Å². The van der Waals surface area contributed by atoms with Crippen molar-refractivity contribution >= 4 is 17.7 Å². The molecular formula is C19H22N2O3S. The Labute approximate surface area is 152 Å². The average molecular weight is 358 g/mol. The van der Waals surface area contributed by atoms with E-state index in [1.165, 1.54) is 0 Å². The summed E-state index contributed by atoms with van der Waals surface area (Å²) < 4.78 is 10.6. The highest BCUT2D eigenvalue weighted by molar-refractivity contribution is 7.99. The first-order valence-corrected chi connectivity index (χ1v) is 9.16. The molecular weight excluding hydrogens is 336 g/mol. The van der Waals surface area contributed by atoms with Gasteiger partial charge in [-0.05, 0) is 23.3 Å². The van der Waals surface area contributed by atoms with E-state index in [1.807, 2.05) is 48.5 Å². The maximum absolute atomic E-state index is 12.1. The molecule has 6 heteroatoms. The minimum Gasteiger partial charge on any atom is -0.497 e. The molecule has 2 unspecified atom stereocenters. The van der Waals surface area contributed by atoms with E-state index in [2.05, 4.69) is 10.6 Å². The average Bonchev–Trinajstić information content (AvgIpc) is 2.66. The number of benzene rings is 2. The summed E-state index contributed by atoms with van der Waals surface area (Å²) in [5.41, 5.74) is 2.08. The number of nitrogens with one attached hydrogen (secondary N) is 2. The molecule has 2 aromatic carbocycles. The SMILES string of the molecule is COc1cc(CSC2NC(=O)CC(c3ccccc3)N2)cc(OC)c1. The first-order valence-electron chi connectivity index (χ1n) is 8.12. The highest BCUT2D eigenvalue weighted by Crippen LogP contribution is 2.28. The second-order valence-electron chi connectivity index (χ2n) is 5.81. The summed E-state index contributed by atoms with van der Waals surface area (Å²) >= 11 is 1.64. The van der Waals surface area contributed by atoms with E-state index < -0.39 is 0 Å². The molecule has 0 aliphatic carbocycles. The van der Waals surface area contributed by atoms with Crippen LogP contribution < -0.4 is 20.1 Å². The highest BCUT2D eigenvalue weighted by atomic mass is 32.2. The summed E-state index contributed by atoms with van der Waals surface area (Å²) in [6.45, 7) is 0. The van der Waals surface area contributed by atoms with Gasteiger partial charge in [-0.3, -0.25) is 10.1 Å². The van der Waals surface area contributed by atoms with Gasteiger partial charge in [0.25, 0.3) is 0 Å². The normalized spacial score (nSPS) is 20.0. The monoisotopic (exact) mass is 358 g/mol. The predicted octanol–water partition coefficient (Wildman–Crippen LogP) is 3.07. The minimum absolute atomic E-state index is 0.0345. The first-order chi connectivity index (χ1) is 12.2. The topological polar surface area (TPSA) is 59.6 Å². The van der Waals surface area contributed by atoms with E-state index in [0.717, 1.165) is 28.4 Å². The molecule has 0 aromatic heterocycles. The molecule has 25 heavy (non-hydrogen) atoms. The molecule has 2 N–H and O–H groups in total. The zero-order valence-corrected chi connectivity index (χ0v) is 15.1. The van der Waals surface area contributed by atoms with Crippen molar-refractivity contribution in [1.29, 1.82) is 0 Å². The summed E-state index contributed by atoms with van der Waals surface area (Å²) in [5, 5.41) is 6.49. The maximum atomic E-state index is 12.1. The van der Waals surface area contributed by atoms with Gasteiger partial charge in [0.2, 0.25) is 5.91 Å². The van der Waals surface area contributed by atoms with Gasteiger partial charge < -0.3 is 14.8 Å². The standard InChI is InChI=1S/C19H22N2O3S/c1-23-15-8-13(9-16(10-15)24-2)12-25-19-20-17(11-18(22)21-19)14-6-4-3-5-7-14/h3-10,17,19-20H,11-12H2,1-2H3,(H,21,22). The van der Waals surface area contributed by atoms with Gasteiger partial charge in [0.15, 0.2) is 0 Å². The van der Waals surface area contributed by atoms with E-state index in [0.29, 0.717) is 6.42 Å². The number of amides is 1. The fraction of sp³-hybridized carbons (Fsp3) is 0.316. The fourth-order valence-corrected chi connectivity index (χ4v) is 3.79. The van der Waals surface area contributed by atoms with Crippen molar-refractivity contribution in [2.24, 2.45) is 0 Å². The van der Waals surface area contributed by atoms with Crippen LogP contribution >= 0.6 is 11.8 Å². The Morgan fingerprint density at radius 1 is 1.08 bits per heavy atom. The van der Waals surface area contributed by atoms with Crippen LogP contribution in [0.15, 0.2) is 48.5 Å². The van der Waals surface area contributed by atoms with Crippen molar-refractivity contribution in [3.05, 3.63) is 59.7 Å². The van der Waals surface area contributed by atoms with Crippen LogP contribution in [0.4, 0.5) is 0 Å². The molecule has 1 amide bonds. The molecule has 132 valence electrons. The Kier molecular flexibility index (Phi) is 5.83. The number of methoxy groups -OCH3 is 2. The third kappa shape index (κ3) is 4.67. The zero-order valence-electron chi connectivity index (χ0n) is 14.3. The van der Waals surface area contributed by atoms with Gasteiger partial charge in [-0.15, -0.1) is 11.8 Å². The van der Waals surface area contributed by atoms with E-state index in [-0.39, 0.29) is 17.4 Å². The van der Waals surface area contributed by atoms with Gasteiger partial charge in [-0.2, -0.15) is 0 Å². The third-order valence-corrected chi connectivity index (χ3v) is 5.15. The van der Waals surface area contributed by atoms with Crippen LogP contribution in [0.2, 0.25) is 0 Å². The molecule has 1 saturated heterocycles. The number of rotatable bonds is 6. The zero-order chi connectivity index (χ0) is 17.6. The van der Waals surface area contributed by atoms with E-state index in [4.69, 9.17) is 9.47 Å². The Morgan fingerprint density at radius 2 is 1.76 bits per heavy atom. The van der Waals surface area contributed by atoms with Crippen LogP contribution in [-0.4, -0.2) is 25.6 Å². The molecule has 3 rings (SSSR count). The predicted molar refractivity (Wildman–Crippen MR) is 99.7 cm³/mol. The number of ether oxygens (including phenoxy) is 2. The van der Waals surface area contributed by atoms with Crippen molar-refractivity contribution in [3.63, 3.8) is 0 Å². The van der Waals surface area contributed by atoms with Gasteiger partial charge in [-0.1, -0.05) is 30.3 Å². The number of hydrogen-bond acceptors (Lipinski definition) is 5. The Hall–Kier alpha value is -2.18. The molecule has 1 aliphatic heterocycles. The maximum Gasteiger partial charge on any atom is 0.223 e. The van der Waals surface area contributed by atoms with Crippen LogP contribution in [0.5, 0.6) is 11.5 Å². The molecule has 0 bridgehead atoms. The Bertz CT molecular complexity index is 702. The lowest BCUT2D eigenvalue weighted by molar-refractivity contribution is -0.123. The fourth-order valence-electron chi connectivity index (χ4n) is 2.79. The summed E-state index contributed by atoms with van der Waals surface area (Å²) in [6.07, 6.45) is 0.452. The number of carbonyl (C=O) groups is 1. The van der Waals surface area contributed by atoms with Crippen LogP contribution in [0.1, 0.15) is 23.6 Å². The van der Waals surface area contributed by atoms with Crippen molar-refractivity contribution in [2.75, 3.05) is 14.2 Å². The van der Waals surface area contributed by atoms with Crippen LogP contribution in [0.25, 0.3) is 0 Å². The Balaban J connectivity index is 1.65. The molecule has 0 saturated carbocycles. The smallest absolute Gasteiger partial charge is 0.223 e. The number of thioether (sulfide) groups is 1. The molecule has 0 spiro atoms. The molecule has 1 aliphatic rings. The highest BCUT2D eigenvalue weighted by Gasteiger charge is 2.26. The molecule has 1 fully saturated rings. The van der Waals surface area contributed by atoms with Gasteiger partial charge in [0, 0.05) is 24.3 Å². The second-order valence-corrected chi connectivity index (χ2v) is 6.91. The van der Waals surface area contributed by atoms with Crippen molar-refractivity contribution in [1.82, 2.24) is 10.6 Å². The number of carbonyl (C=O) groups excluding carboxylic acids is 1. The summed E-state index contributed by atoms with van der Waals surface area (Å²) in [5.74, 6) is 2.32. The first kappa shape index (κ1) is 17.6. The third-order valence-electron chi connectivity index (χ3n) is 4.06. The lowest BCUT2D eigenvalue weighted by atomic mass is 10.0. The summed E-state index contributed by atoms with van der Waals surface area (Å²) in [7, 11) is 3.28. The largest absolute Gasteiger partial charge is 0.497 e. The second kappa shape index (κ2) is 8.27. The molecule has 1 heterocycles. The van der Waals surface area contributed by atoms with Gasteiger partial charge in [0.1, 0.15) is 17.0 Å². The minimum atomic E-state index is -0.136. The van der Waals surface area contributed by atoms with Crippen LogP contribution in [0.3, 0.4) is 0 Å². The number of hydrogen-bond donors (Lipinski definition) is 2. The van der Waals surface area contributed by atoms with Gasteiger partial charge in [0.05, 0.1) is 14.2 Å². The van der Waals surface area contributed by atoms with Gasteiger partial charge in [-0.25, -0.2) is 0 Å². The lowest BCUT2D eigenvalue weighted by Gasteiger charge is -2.31. The van der Waals surface area contributed by atoms with Crippen LogP contribution in [0, 0.1) is 0 Å². The quantitative estimate of drug-likeness (QED) is 0.831. The summed E-state index contributed by atoms with van der Waals surface area (Å²) in [6, 6.07) is 15.9. The van der Waals surface area contributed by atoms with Crippen molar-refractivity contribution in [2.45, 2.75) is 23.7 Å². The molecule has 2 atom stereocenters. The summed E-state index contributed by atoms with van der Waals surface area (Å²) in [4.78, 5) is 12.1. The molecule has 0 radical (unpaired) electrons. The van der Waals surface area contributed by atoms with Crippen molar-refractivity contribution in [3.8, 4) is 11.5 Å². The molecule has 2 aromatic rings. The van der Waals surface area contributed by atoms with Crippen molar-refractivity contribution < 1.29 is 14.3 Å².